The third-order valence-corrected chi connectivity index (χ3v) is 8.45. The molecule has 1 unspecified atom stereocenters. The van der Waals surface area contributed by atoms with E-state index in [4.69, 9.17) is 32.7 Å². The van der Waals surface area contributed by atoms with Crippen LogP contribution in [0.25, 0.3) is 11.3 Å². The summed E-state index contributed by atoms with van der Waals surface area (Å²) in [6.07, 6.45) is 5.79. The third-order valence-electron chi connectivity index (χ3n) is 7.13. The van der Waals surface area contributed by atoms with Gasteiger partial charge in [-0.15, -0.1) is 0 Å². The molecule has 1 atom stereocenters. The first-order chi connectivity index (χ1) is 22.4. The molecule has 3 N–H and O–H groups in total. The number of rotatable bonds is 9. The van der Waals surface area contributed by atoms with Crippen LogP contribution in [0, 0.1) is 5.82 Å². The third kappa shape index (κ3) is 8.86. The smallest absolute Gasteiger partial charge is 0.407 e. The van der Waals surface area contributed by atoms with E-state index in [2.05, 4.69) is 25.6 Å². The molecule has 248 valence electrons. The van der Waals surface area contributed by atoms with Crippen molar-refractivity contribution in [1.82, 2.24) is 20.3 Å². The van der Waals surface area contributed by atoms with E-state index in [9.17, 15) is 13.6 Å². The highest BCUT2D eigenvalue weighted by atomic mass is 35.5. The summed E-state index contributed by atoms with van der Waals surface area (Å²) in [5.74, 6) is -0.796. The Morgan fingerprint density at radius 3 is 2.40 bits per heavy atom. The minimum absolute atomic E-state index is 0.0174. The zero-order valence-corrected chi connectivity index (χ0v) is 28.1. The van der Waals surface area contributed by atoms with Gasteiger partial charge in [0.2, 0.25) is 11.8 Å². The lowest BCUT2D eigenvalue weighted by Gasteiger charge is -2.30. The maximum Gasteiger partial charge on any atom is 0.407 e. The number of benzene rings is 2. The van der Waals surface area contributed by atoms with Crippen LogP contribution in [-0.2, 0) is 16.0 Å². The van der Waals surface area contributed by atoms with Crippen LogP contribution in [0.4, 0.5) is 26.5 Å². The van der Waals surface area contributed by atoms with Crippen molar-refractivity contribution in [1.29, 1.82) is 0 Å². The lowest BCUT2D eigenvalue weighted by atomic mass is 9.91. The van der Waals surface area contributed by atoms with Gasteiger partial charge in [-0.3, -0.25) is 4.55 Å². The van der Waals surface area contributed by atoms with Crippen LogP contribution >= 0.6 is 23.2 Å². The van der Waals surface area contributed by atoms with Crippen molar-refractivity contribution in [2.24, 2.45) is 0 Å². The molecule has 0 spiro atoms. The molecular formula is C32H33Cl2FN6O5S. The molecule has 2 aromatic heterocycles. The summed E-state index contributed by atoms with van der Waals surface area (Å²) in [5.41, 5.74) is 0.538. The molecule has 0 saturated heterocycles. The van der Waals surface area contributed by atoms with Gasteiger partial charge in [0, 0.05) is 30.5 Å². The molecule has 11 nitrogen and oxygen atoms in total. The van der Waals surface area contributed by atoms with E-state index in [1.165, 1.54) is 18.3 Å². The maximum atomic E-state index is 15.5. The number of hydrogen-bond acceptors (Lipinski definition) is 8. The molecule has 0 radical (unpaired) electrons. The molecule has 0 aliphatic heterocycles. The number of pyridine rings is 1. The molecule has 1 amide bonds. The van der Waals surface area contributed by atoms with Gasteiger partial charge in [0.05, 0.1) is 32.7 Å². The number of alkyl carbamates (subject to hydrolysis) is 1. The Morgan fingerprint density at radius 1 is 1.00 bits per heavy atom. The van der Waals surface area contributed by atoms with Gasteiger partial charge in [0.25, 0.3) is 11.3 Å². The van der Waals surface area contributed by atoms with Crippen LogP contribution < -0.4 is 19.7 Å². The van der Waals surface area contributed by atoms with Crippen molar-refractivity contribution < 1.29 is 27.4 Å². The molecule has 4 aromatic rings. The number of para-hydroxylation sites is 1. The van der Waals surface area contributed by atoms with E-state index in [1.807, 2.05) is 20.8 Å². The Labute approximate surface area is 284 Å². The highest BCUT2D eigenvalue weighted by molar-refractivity contribution is 7.81. The van der Waals surface area contributed by atoms with Gasteiger partial charge in [0.15, 0.2) is 11.6 Å². The fourth-order valence-corrected chi connectivity index (χ4v) is 6.20. The van der Waals surface area contributed by atoms with Crippen molar-refractivity contribution >= 4 is 57.9 Å². The normalized spacial score (nSPS) is 17.0. The number of carbonyl (C=O) groups excluding carboxylic acids is 1. The van der Waals surface area contributed by atoms with Crippen molar-refractivity contribution in [2.75, 3.05) is 9.62 Å². The molecule has 2 heterocycles. The first kappa shape index (κ1) is 34.3. The number of nitrogens with one attached hydrogen (secondary N) is 2. The average Bonchev–Trinajstić information content (AvgIpc) is 3.00. The van der Waals surface area contributed by atoms with Crippen LogP contribution in [0.15, 0.2) is 67.0 Å². The van der Waals surface area contributed by atoms with Crippen LogP contribution in [0.3, 0.4) is 0 Å². The van der Waals surface area contributed by atoms with Gasteiger partial charge < -0.3 is 20.1 Å². The number of nitrogens with zero attached hydrogens (tertiary/aromatic N) is 4. The first-order valence-corrected chi connectivity index (χ1v) is 16.6. The molecule has 1 saturated carbocycles. The number of ether oxygens (including phenoxy) is 2. The first-order valence-electron chi connectivity index (χ1n) is 14.7. The lowest BCUT2D eigenvalue weighted by Crippen LogP contribution is -2.42. The van der Waals surface area contributed by atoms with Crippen molar-refractivity contribution in [2.45, 2.75) is 64.1 Å². The molecule has 47 heavy (non-hydrogen) atoms. The summed E-state index contributed by atoms with van der Waals surface area (Å²) in [7, 11) is 0. The molecule has 0 bridgehead atoms. The molecule has 15 heteroatoms. The number of hydrogen-bond donors (Lipinski definition) is 3. The highest BCUT2D eigenvalue weighted by Crippen LogP contribution is 2.41. The quantitative estimate of drug-likeness (QED) is 0.147. The Bertz CT molecular complexity index is 1750. The molecule has 1 aliphatic rings. The zero-order valence-electron chi connectivity index (χ0n) is 25.7. The molecule has 5 rings (SSSR count). The fraction of sp³-hybridized carbons (Fsp3) is 0.312. The summed E-state index contributed by atoms with van der Waals surface area (Å²) in [6.45, 7) is 5.48. The highest BCUT2D eigenvalue weighted by Gasteiger charge is 2.26. The maximum absolute atomic E-state index is 15.5. The molecule has 1 aliphatic carbocycles. The summed E-state index contributed by atoms with van der Waals surface area (Å²) in [5, 5.41) is 6.32. The SMILES string of the molecule is CC(C)(C)OC(=O)NC1CCC(Nc2nccc(-c3cccnc3Oc3c(F)cc(N(c4ccccc4Cl)S(=O)O)cc3Cl)n2)CC1. The predicted octanol–water partition coefficient (Wildman–Crippen LogP) is 8.30. The minimum atomic E-state index is -2.59. The van der Waals surface area contributed by atoms with E-state index in [0.717, 1.165) is 36.1 Å². The number of anilines is 3. The average molecular weight is 704 g/mol. The Morgan fingerprint density at radius 2 is 1.72 bits per heavy atom. The van der Waals surface area contributed by atoms with Gasteiger partial charge >= 0.3 is 6.09 Å². The number of halogens is 3. The standard InChI is InChI=1S/C32H33Cl2FN6O5S/c1-32(2,3)46-31(42)39-20-12-10-19(11-13-20)38-30-37-16-14-26(40-30)22-7-6-15-36-29(22)45-28-24(34)17-21(18-25(28)35)41(47(43)44)27-9-5-4-8-23(27)33/h4-9,14-20H,10-13H2,1-3H3,(H,39,42)(H,43,44)(H,37,38,40). The van der Waals surface area contributed by atoms with E-state index >= 15 is 4.39 Å². The Balaban J connectivity index is 1.30. The van der Waals surface area contributed by atoms with E-state index in [-0.39, 0.29) is 45.1 Å². The second kappa shape index (κ2) is 14.8. The van der Waals surface area contributed by atoms with Gasteiger partial charge in [-0.05, 0) is 82.9 Å². The van der Waals surface area contributed by atoms with Gasteiger partial charge in [-0.1, -0.05) is 35.3 Å². The van der Waals surface area contributed by atoms with Crippen LogP contribution in [0.2, 0.25) is 10.0 Å². The molecular weight excluding hydrogens is 670 g/mol. The second-order valence-corrected chi connectivity index (χ2v) is 13.4. The minimum Gasteiger partial charge on any atom is -0.444 e. The van der Waals surface area contributed by atoms with Gasteiger partial charge in [0.1, 0.15) is 5.60 Å². The number of amides is 1. The van der Waals surface area contributed by atoms with Crippen molar-refractivity contribution in [3.05, 3.63) is 82.9 Å². The van der Waals surface area contributed by atoms with Crippen LogP contribution in [-0.4, -0.2) is 47.5 Å². The van der Waals surface area contributed by atoms with Gasteiger partial charge in [-0.25, -0.2) is 32.7 Å². The Kier molecular flexibility index (Phi) is 10.8. The Hall–Kier alpha value is -4.04. The summed E-state index contributed by atoms with van der Waals surface area (Å²) < 4.78 is 49.9. The van der Waals surface area contributed by atoms with Gasteiger partial charge in [-0.2, -0.15) is 0 Å². The zero-order chi connectivity index (χ0) is 33.7. The fourth-order valence-electron chi connectivity index (χ4n) is 5.07. The second-order valence-electron chi connectivity index (χ2n) is 11.8. The summed E-state index contributed by atoms with van der Waals surface area (Å²) >= 11 is 10.1. The van der Waals surface area contributed by atoms with E-state index in [1.54, 1.807) is 42.6 Å². The largest absolute Gasteiger partial charge is 0.444 e. The monoisotopic (exact) mass is 702 g/mol. The predicted molar refractivity (Wildman–Crippen MR) is 180 cm³/mol. The summed E-state index contributed by atoms with van der Waals surface area (Å²) in [6, 6.07) is 13.9. The van der Waals surface area contributed by atoms with E-state index < -0.39 is 28.8 Å². The van der Waals surface area contributed by atoms with Crippen LogP contribution in [0.5, 0.6) is 11.6 Å². The van der Waals surface area contributed by atoms with Crippen molar-refractivity contribution in [3.63, 3.8) is 0 Å². The number of aromatic nitrogens is 3. The van der Waals surface area contributed by atoms with Crippen LogP contribution in [0.1, 0.15) is 46.5 Å². The number of carbonyl (C=O) groups is 1. The topological polar surface area (TPSA) is 139 Å². The molecule has 1 fully saturated rings. The van der Waals surface area contributed by atoms with Crippen molar-refractivity contribution in [3.8, 4) is 22.9 Å². The summed E-state index contributed by atoms with van der Waals surface area (Å²) in [4.78, 5) is 25.4. The molecule has 2 aromatic carbocycles. The van der Waals surface area contributed by atoms with E-state index in [0.29, 0.717) is 17.2 Å². The lowest BCUT2D eigenvalue weighted by molar-refractivity contribution is 0.0492.